The van der Waals surface area contributed by atoms with Gasteiger partial charge < -0.3 is 11.1 Å². The van der Waals surface area contributed by atoms with E-state index in [1.54, 1.807) is 6.20 Å². The van der Waals surface area contributed by atoms with Crippen molar-refractivity contribution in [1.29, 1.82) is 0 Å². The number of amides is 1. The molecule has 2 heterocycles. The first-order valence-corrected chi connectivity index (χ1v) is 14.6. The number of benzene rings is 2. The summed E-state index contributed by atoms with van der Waals surface area (Å²) in [5, 5.41) is 3.57. The van der Waals surface area contributed by atoms with Gasteiger partial charge in [-0.05, 0) is 62.1 Å². The Morgan fingerprint density at radius 1 is 1.03 bits per heavy atom. The minimum atomic E-state index is -1.52. The van der Waals surface area contributed by atoms with Crippen LogP contribution in [0.1, 0.15) is 50.5 Å². The topological polar surface area (TPSA) is 71.2 Å². The van der Waals surface area contributed by atoms with Crippen LogP contribution in [-0.4, -0.2) is 39.7 Å². The van der Waals surface area contributed by atoms with Gasteiger partial charge in [-0.3, -0.25) is 14.1 Å². The first kappa shape index (κ1) is 25.5. The summed E-state index contributed by atoms with van der Waals surface area (Å²) in [7, 11) is 0. The molecule has 1 aromatic heterocycles. The highest BCUT2D eigenvalue weighted by molar-refractivity contribution is 7.97. The van der Waals surface area contributed by atoms with Gasteiger partial charge in [-0.15, -0.1) is 0 Å². The van der Waals surface area contributed by atoms with Crippen LogP contribution in [0.3, 0.4) is 0 Å². The van der Waals surface area contributed by atoms with Gasteiger partial charge in [-0.2, -0.15) is 0 Å². The van der Waals surface area contributed by atoms with Gasteiger partial charge in [0.1, 0.15) is 0 Å². The van der Waals surface area contributed by atoms with Gasteiger partial charge in [-0.25, -0.2) is 4.39 Å². The van der Waals surface area contributed by atoms with Crippen LogP contribution in [-0.2, 0) is 10.3 Å². The lowest BCUT2D eigenvalue weighted by atomic mass is 9.72. The van der Waals surface area contributed by atoms with E-state index in [0.717, 1.165) is 59.1 Å². The summed E-state index contributed by atoms with van der Waals surface area (Å²) < 4.78 is 17.6. The van der Waals surface area contributed by atoms with Crippen LogP contribution in [0.2, 0.25) is 0 Å². The maximum atomic E-state index is 15.2. The number of hydrogen-bond donors (Lipinski definition) is 2. The minimum absolute atomic E-state index is 0.210. The lowest BCUT2D eigenvalue weighted by molar-refractivity contribution is -0.123. The Balaban J connectivity index is 1.19. The highest BCUT2D eigenvalue weighted by Crippen LogP contribution is 2.41. The van der Waals surface area contributed by atoms with E-state index >= 15 is 4.39 Å². The summed E-state index contributed by atoms with van der Waals surface area (Å²) >= 11 is 1.91. The van der Waals surface area contributed by atoms with Gasteiger partial charge >= 0.3 is 0 Å². The van der Waals surface area contributed by atoms with E-state index in [1.165, 1.54) is 19.3 Å². The molecule has 5 nitrogen and oxygen atoms in total. The monoisotopic (exact) mass is 530 g/mol. The van der Waals surface area contributed by atoms with E-state index in [2.05, 4.69) is 33.9 Å². The van der Waals surface area contributed by atoms with E-state index in [1.807, 2.05) is 48.3 Å². The maximum absolute atomic E-state index is 15.2. The Morgan fingerprint density at radius 3 is 2.37 bits per heavy atom. The number of pyridine rings is 1. The minimum Gasteiger partial charge on any atom is -0.322 e. The normalized spacial score (nSPS) is 20.5. The van der Waals surface area contributed by atoms with Gasteiger partial charge in [0, 0.05) is 40.9 Å². The largest absolute Gasteiger partial charge is 0.322 e. The predicted molar refractivity (Wildman–Crippen MR) is 153 cm³/mol. The molecule has 0 bridgehead atoms. The Bertz CT molecular complexity index is 1270. The lowest BCUT2D eigenvalue weighted by Gasteiger charge is -2.38. The highest BCUT2D eigenvalue weighted by Gasteiger charge is 2.35. The van der Waals surface area contributed by atoms with Crippen LogP contribution in [0, 0.1) is 5.92 Å². The molecule has 7 heteroatoms. The van der Waals surface area contributed by atoms with E-state index in [4.69, 9.17) is 10.7 Å². The molecule has 2 saturated carbocycles. The third-order valence-electron chi connectivity index (χ3n) is 8.20. The number of piperidine rings is 1. The average molecular weight is 531 g/mol. The molecule has 2 aliphatic carbocycles. The number of nitrogens with one attached hydrogen (secondary N) is 1. The molecule has 38 heavy (non-hydrogen) atoms. The summed E-state index contributed by atoms with van der Waals surface area (Å²) in [6, 6.07) is 20.2. The van der Waals surface area contributed by atoms with Crippen molar-refractivity contribution in [2.24, 2.45) is 11.7 Å². The van der Waals surface area contributed by atoms with Crippen molar-refractivity contribution in [2.75, 3.05) is 18.4 Å². The number of hydrogen-bond acceptors (Lipinski definition) is 5. The molecule has 0 radical (unpaired) electrons. The number of nitrogens with two attached hydrogens (primary N) is 1. The molecule has 1 saturated heterocycles. The number of carbonyl (C=O) groups excluding carboxylic acids is 1. The molecule has 1 atom stereocenters. The molecule has 2 aromatic carbocycles. The summed E-state index contributed by atoms with van der Waals surface area (Å²) in [6.45, 7) is 1.69. The average Bonchev–Trinajstić information content (AvgIpc) is 3.76. The van der Waals surface area contributed by atoms with Gasteiger partial charge in [0.15, 0.2) is 6.17 Å². The zero-order valence-corrected chi connectivity index (χ0v) is 22.4. The Kier molecular flexibility index (Phi) is 7.25. The molecular weight excluding hydrogens is 495 g/mol. The SMILES string of the molecule is NC1(c2ccc(-c3ncc(NC(=O)C(F)C4CCN(SC5CC5)CC4)cc3-c3ccccc3)cc2)CCC1. The summed E-state index contributed by atoms with van der Waals surface area (Å²) in [4.78, 5) is 17.6. The molecule has 0 spiro atoms. The van der Waals surface area contributed by atoms with Gasteiger partial charge in [0.25, 0.3) is 5.91 Å². The zero-order valence-electron chi connectivity index (χ0n) is 21.6. The van der Waals surface area contributed by atoms with Crippen molar-refractivity contribution in [3.63, 3.8) is 0 Å². The molecule has 3 N–H and O–H groups in total. The van der Waals surface area contributed by atoms with Crippen LogP contribution in [0.5, 0.6) is 0 Å². The Hall–Kier alpha value is -2.74. The van der Waals surface area contributed by atoms with Gasteiger partial charge in [0.05, 0.1) is 17.6 Å². The molecule has 3 fully saturated rings. The first-order valence-electron chi connectivity index (χ1n) is 13.8. The number of rotatable bonds is 8. The number of nitrogens with zero attached hydrogens (tertiary/aromatic N) is 2. The molecular formula is C31H35FN4OS. The van der Waals surface area contributed by atoms with Crippen LogP contribution in [0.4, 0.5) is 10.1 Å². The Morgan fingerprint density at radius 2 is 1.74 bits per heavy atom. The fraction of sp³-hybridized carbons (Fsp3) is 0.419. The van der Waals surface area contributed by atoms with Crippen molar-refractivity contribution >= 4 is 23.5 Å². The van der Waals surface area contributed by atoms with Crippen LogP contribution < -0.4 is 11.1 Å². The summed E-state index contributed by atoms with van der Waals surface area (Å²) in [5.41, 5.74) is 11.6. The number of carbonyl (C=O) groups is 1. The Labute approximate surface area is 228 Å². The van der Waals surface area contributed by atoms with Crippen molar-refractivity contribution in [1.82, 2.24) is 9.29 Å². The van der Waals surface area contributed by atoms with E-state index in [9.17, 15) is 4.79 Å². The van der Waals surface area contributed by atoms with Crippen LogP contribution >= 0.6 is 11.9 Å². The molecule has 6 rings (SSSR count). The van der Waals surface area contributed by atoms with E-state index in [0.29, 0.717) is 18.5 Å². The second kappa shape index (κ2) is 10.8. The second-order valence-corrected chi connectivity index (χ2v) is 12.4. The molecule has 3 aromatic rings. The van der Waals surface area contributed by atoms with E-state index < -0.39 is 12.1 Å². The van der Waals surface area contributed by atoms with Crippen molar-refractivity contribution < 1.29 is 9.18 Å². The van der Waals surface area contributed by atoms with Gasteiger partial charge in [0.2, 0.25) is 0 Å². The number of anilines is 1. The second-order valence-electron chi connectivity index (χ2n) is 11.0. The highest BCUT2D eigenvalue weighted by atomic mass is 32.2. The van der Waals surface area contributed by atoms with Crippen molar-refractivity contribution in [3.8, 4) is 22.4 Å². The van der Waals surface area contributed by atoms with Crippen molar-refractivity contribution in [3.05, 3.63) is 72.4 Å². The summed E-state index contributed by atoms with van der Waals surface area (Å²) in [5.74, 6) is -0.822. The molecule has 3 aliphatic rings. The lowest BCUT2D eigenvalue weighted by Crippen LogP contribution is -2.43. The predicted octanol–water partition coefficient (Wildman–Crippen LogP) is 6.55. The zero-order chi connectivity index (χ0) is 26.1. The molecule has 198 valence electrons. The number of halogens is 1. The standard InChI is InChI=1S/C31H35FN4OS/c32-28(22-13-17-36(18-14-22)38-26-11-12-26)30(37)35-25-19-27(21-5-2-1-3-6-21)29(34-20-25)23-7-9-24(10-8-23)31(33)15-4-16-31/h1-3,5-10,19-20,22,26,28H,4,11-18,33H2,(H,35,37). The van der Waals surface area contributed by atoms with Crippen LogP contribution in [0.15, 0.2) is 66.9 Å². The quantitative estimate of drug-likeness (QED) is 0.323. The smallest absolute Gasteiger partial charge is 0.259 e. The third-order valence-corrected chi connectivity index (χ3v) is 9.64. The molecule has 1 amide bonds. The van der Waals surface area contributed by atoms with Crippen LogP contribution in [0.25, 0.3) is 22.4 Å². The molecule has 1 unspecified atom stereocenters. The maximum Gasteiger partial charge on any atom is 0.259 e. The fourth-order valence-electron chi connectivity index (χ4n) is 5.49. The first-order chi connectivity index (χ1) is 18.5. The third kappa shape index (κ3) is 5.51. The van der Waals surface area contributed by atoms with Gasteiger partial charge in [-0.1, -0.05) is 66.5 Å². The number of alkyl halides is 1. The van der Waals surface area contributed by atoms with E-state index in [-0.39, 0.29) is 11.5 Å². The van der Waals surface area contributed by atoms with Crippen molar-refractivity contribution in [2.45, 2.75) is 61.9 Å². The number of aromatic nitrogens is 1. The summed E-state index contributed by atoms with van der Waals surface area (Å²) in [6.07, 6.45) is 7.30. The fourth-order valence-corrected chi connectivity index (χ4v) is 6.68. The molecule has 1 aliphatic heterocycles.